The Bertz CT molecular complexity index is 901. The van der Waals surface area contributed by atoms with Crippen LogP contribution in [0.25, 0.3) is 10.9 Å². The third-order valence-corrected chi connectivity index (χ3v) is 5.99. The van der Waals surface area contributed by atoms with Gasteiger partial charge in [0.05, 0.1) is 15.3 Å². The lowest BCUT2D eigenvalue weighted by Gasteiger charge is -2.23. The second-order valence-corrected chi connectivity index (χ2v) is 8.36. The van der Waals surface area contributed by atoms with Gasteiger partial charge >= 0.3 is 0 Å². The molecule has 118 valence electrons. The minimum atomic E-state index is -0.0559. The number of carbonyl (C=O) groups excluding carboxylic acids is 1. The highest BCUT2D eigenvalue weighted by molar-refractivity contribution is 9.10. The monoisotopic (exact) mass is 408 g/mol. The van der Waals surface area contributed by atoms with Gasteiger partial charge in [-0.3, -0.25) is 4.79 Å². The minimum Gasteiger partial charge on any atom is -0.356 e. The van der Waals surface area contributed by atoms with Crippen molar-refractivity contribution in [3.63, 3.8) is 0 Å². The lowest BCUT2D eigenvalue weighted by molar-refractivity contribution is 0.0936. The maximum Gasteiger partial charge on any atom is 0.261 e. The molecule has 2 heterocycles. The van der Waals surface area contributed by atoms with Gasteiger partial charge in [-0.25, -0.2) is 0 Å². The molecule has 23 heavy (non-hydrogen) atoms. The van der Waals surface area contributed by atoms with Crippen molar-refractivity contribution in [3.8, 4) is 0 Å². The summed E-state index contributed by atoms with van der Waals surface area (Å²) in [7, 11) is 0. The molecule has 6 heteroatoms. The van der Waals surface area contributed by atoms with E-state index in [2.05, 4.69) is 38.4 Å². The minimum absolute atomic E-state index is 0.0262. The first-order valence-corrected chi connectivity index (χ1v) is 9.47. The van der Waals surface area contributed by atoms with E-state index in [9.17, 15) is 4.79 Å². The number of H-pyrrole nitrogens is 1. The zero-order valence-electron chi connectivity index (χ0n) is 12.2. The zero-order chi connectivity index (χ0) is 16.0. The van der Waals surface area contributed by atoms with Gasteiger partial charge in [0.1, 0.15) is 0 Å². The molecule has 0 saturated carbocycles. The van der Waals surface area contributed by atoms with Crippen LogP contribution in [0.5, 0.6) is 0 Å². The topological polar surface area (TPSA) is 44.9 Å². The highest BCUT2D eigenvalue weighted by atomic mass is 79.9. The summed E-state index contributed by atoms with van der Waals surface area (Å²) in [5.41, 5.74) is 3.58. The molecular weight excluding hydrogens is 396 g/mol. The van der Waals surface area contributed by atoms with Gasteiger partial charge < -0.3 is 10.3 Å². The standard InChI is InChI=1S/C17H14BrClN2OS/c18-9-4-5-12-11(8-9)10-2-1-3-13(16(10)20-12)21-17(22)14-6-7-15(19)23-14/h4-8,13,20H,1-3H2,(H,21,22). The molecule has 0 spiro atoms. The van der Waals surface area contributed by atoms with Gasteiger partial charge in [0, 0.05) is 21.1 Å². The summed E-state index contributed by atoms with van der Waals surface area (Å²) >= 11 is 10.8. The first kappa shape index (κ1) is 15.2. The van der Waals surface area contributed by atoms with Crippen molar-refractivity contribution in [2.45, 2.75) is 25.3 Å². The van der Waals surface area contributed by atoms with Gasteiger partial charge in [-0.15, -0.1) is 11.3 Å². The first-order chi connectivity index (χ1) is 11.1. The molecule has 1 aromatic carbocycles. The van der Waals surface area contributed by atoms with Gasteiger partial charge in [0.25, 0.3) is 5.91 Å². The van der Waals surface area contributed by atoms with Crippen molar-refractivity contribution in [3.05, 3.63) is 55.3 Å². The molecule has 2 N–H and O–H groups in total. The number of halogens is 2. The van der Waals surface area contributed by atoms with Crippen molar-refractivity contribution in [2.24, 2.45) is 0 Å². The maximum atomic E-state index is 12.4. The third kappa shape index (κ3) is 2.82. The largest absolute Gasteiger partial charge is 0.356 e. The molecule has 1 unspecified atom stereocenters. The van der Waals surface area contributed by atoms with Gasteiger partial charge in [-0.05, 0) is 55.2 Å². The van der Waals surface area contributed by atoms with Crippen LogP contribution in [0.2, 0.25) is 4.34 Å². The first-order valence-electron chi connectivity index (χ1n) is 7.48. The summed E-state index contributed by atoms with van der Waals surface area (Å²) in [6.45, 7) is 0. The molecule has 1 amide bonds. The van der Waals surface area contributed by atoms with E-state index in [0.29, 0.717) is 9.21 Å². The molecule has 0 radical (unpaired) electrons. The number of aromatic amines is 1. The van der Waals surface area contributed by atoms with Crippen molar-refractivity contribution in [2.75, 3.05) is 0 Å². The number of hydrogen-bond donors (Lipinski definition) is 2. The number of amides is 1. The molecule has 0 fully saturated rings. The number of nitrogens with one attached hydrogen (secondary N) is 2. The highest BCUT2D eigenvalue weighted by Crippen LogP contribution is 2.36. The summed E-state index contributed by atoms with van der Waals surface area (Å²) in [5.74, 6) is -0.0559. The Morgan fingerprint density at radius 1 is 1.35 bits per heavy atom. The molecule has 0 saturated heterocycles. The number of carbonyl (C=O) groups is 1. The second kappa shape index (κ2) is 5.96. The SMILES string of the molecule is O=C(NC1CCCc2c1[nH]c1ccc(Br)cc21)c1ccc(Cl)s1. The molecule has 0 bridgehead atoms. The van der Waals surface area contributed by atoms with E-state index in [4.69, 9.17) is 11.6 Å². The zero-order valence-corrected chi connectivity index (χ0v) is 15.3. The number of hydrogen-bond acceptors (Lipinski definition) is 2. The van der Waals surface area contributed by atoms with Crippen LogP contribution in [0, 0.1) is 0 Å². The molecule has 1 atom stereocenters. The summed E-state index contributed by atoms with van der Waals surface area (Å²) in [6.07, 6.45) is 3.07. The molecule has 1 aliphatic rings. The molecular formula is C17H14BrClN2OS. The van der Waals surface area contributed by atoms with Crippen LogP contribution in [-0.4, -0.2) is 10.9 Å². The fourth-order valence-electron chi connectivity index (χ4n) is 3.24. The highest BCUT2D eigenvalue weighted by Gasteiger charge is 2.26. The van der Waals surface area contributed by atoms with Crippen LogP contribution < -0.4 is 5.32 Å². The maximum absolute atomic E-state index is 12.4. The molecule has 3 nitrogen and oxygen atoms in total. The quantitative estimate of drug-likeness (QED) is 0.580. The van der Waals surface area contributed by atoms with E-state index >= 15 is 0 Å². The van der Waals surface area contributed by atoms with Crippen LogP contribution in [0.3, 0.4) is 0 Å². The summed E-state index contributed by atoms with van der Waals surface area (Å²) in [4.78, 5) is 16.6. The Balaban J connectivity index is 1.67. The Kier molecular flexibility index (Phi) is 3.95. The Morgan fingerprint density at radius 2 is 2.22 bits per heavy atom. The van der Waals surface area contributed by atoms with E-state index in [1.165, 1.54) is 22.3 Å². The lowest BCUT2D eigenvalue weighted by atomic mass is 9.91. The Hall–Kier alpha value is -1.30. The lowest BCUT2D eigenvalue weighted by Crippen LogP contribution is -2.30. The molecule has 2 aromatic heterocycles. The second-order valence-electron chi connectivity index (χ2n) is 5.73. The fourth-order valence-corrected chi connectivity index (χ4v) is 4.55. The van der Waals surface area contributed by atoms with Crippen LogP contribution in [0.15, 0.2) is 34.8 Å². The van der Waals surface area contributed by atoms with E-state index in [-0.39, 0.29) is 11.9 Å². The van der Waals surface area contributed by atoms with Gasteiger partial charge in [0.15, 0.2) is 0 Å². The third-order valence-electron chi connectivity index (χ3n) is 4.27. The number of rotatable bonds is 2. The summed E-state index contributed by atoms with van der Waals surface area (Å²) < 4.78 is 1.71. The average molecular weight is 410 g/mol. The average Bonchev–Trinajstić information content (AvgIpc) is 3.12. The van der Waals surface area contributed by atoms with Crippen LogP contribution >= 0.6 is 38.9 Å². The van der Waals surface area contributed by atoms with E-state index in [0.717, 1.165) is 34.9 Å². The number of aromatic nitrogens is 1. The molecule has 4 rings (SSSR count). The molecule has 1 aliphatic carbocycles. The Labute approximate surface area is 151 Å². The predicted molar refractivity (Wildman–Crippen MR) is 98.5 cm³/mol. The summed E-state index contributed by atoms with van der Waals surface area (Å²) in [5, 5.41) is 4.39. The van der Waals surface area contributed by atoms with Crippen molar-refractivity contribution >= 4 is 55.7 Å². The fraction of sp³-hybridized carbons (Fsp3) is 0.235. The molecule has 0 aliphatic heterocycles. The van der Waals surface area contributed by atoms with E-state index < -0.39 is 0 Å². The number of aryl methyl sites for hydroxylation is 1. The van der Waals surface area contributed by atoms with Crippen molar-refractivity contribution in [1.29, 1.82) is 0 Å². The number of benzene rings is 1. The van der Waals surface area contributed by atoms with Crippen molar-refractivity contribution in [1.82, 2.24) is 10.3 Å². The summed E-state index contributed by atoms with van der Waals surface area (Å²) in [6, 6.07) is 9.82. The van der Waals surface area contributed by atoms with Crippen molar-refractivity contribution < 1.29 is 4.79 Å². The van der Waals surface area contributed by atoms with Crippen LogP contribution in [0.1, 0.15) is 39.8 Å². The normalized spacial score (nSPS) is 17.2. The van der Waals surface area contributed by atoms with Gasteiger partial charge in [-0.2, -0.15) is 0 Å². The smallest absolute Gasteiger partial charge is 0.261 e. The molecule has 3 aromatic rings. The van der Waals surface area contributed by atoms with E-state index in [1.54, 1.807) is 12.1 Å². The van der Waals surface area contributed by atoms with E-state index in [1.807, 2.05) is 6.07 Å². The van der Waals surface area contributed by atoms with Crippen LogP contribution in [-0.2, 0) is 6.42 Å². The van der Waals surface area contributed by atoms with Crippen LogP contribution in [0.4, 0.5) is 0 Å². The number of fused-ring (bicyclic) bond motifs is 3. The Morgan fingerprint density at radius 3 is 3.00 bits per heavy atom. The van der Waals surface area contributed by atoms with Gasteiger partial charge in [-0.1, -0.05) is 27.5 Å². The van der Waals surface area contributed by atoms with Gasteiger partial charge in [0.2, 0.25) is 0 Å². The number of thiophene rings is 1. The predicted octanol–water partition coefficient (Wildman–Crippen LogP) is 5.45.